The molecule has 7 heteroatoms. The lowest BCUT2D eigenvalue weighted by molar-refractivity contribution is 0.0172. The third kappa shape index (κ3) is 3.83. The first kappa shape index (κ1) is 19.8. The molecule has 3 aromatic rings. The molecule has 0 amide bonds. The number of halogens is 3. The largest absolute Gasteiger partial charge is 0.373 e. The van der Waals surface area contributed by atoms with Crippen LogP contribution in [0.3, 0.4) is 0 Å². The van der Waals surface area contributed by atoms with E-state index in [4.69, 9.17) is 16.3 Å². The van der Waals surface area contributed by atoms with Gasteiger partial charge in [0.2, 0.25) is 0 Å². The summed E-state index contributed by atoms with van der Waals surface area (Å²) in [4.78, 5) is 0. The van der Waals surface area contributed by atoms with Gasteiger partial charge in [-0.25, -0.2) is 4.39 Å². The van der Waals surface area contributed by atoms with Crippen LogP contribution in [0.2, 0.25) is 5.02 Å². The number of hydrogen-bond donors (Lipinski definition) is 2. The van der Waals surface area contributed by atoms with Gasteiger partial charge >= 0.3 is 0 Å². The van der Waals surface area contributed by atoms with Crippen molar-refractivity contribution in [2.75, 3.05) is 19.7 Å². The Morgan fingerprint density at radius 1 is 1.25 bits per heavy atom. The zero-order chi connectivity index (χ0) is 19.7. The SMILES string of the molecule is C[C@@H](OCC1(c2ccc(F)cc2)CCNCC1)c1cc(Cl)cc2c(Br)[nH]nc12. The summed E-state index contributed by atoms with van der Waals surface area (Å²) in [7, 11) is 0. The molecule has 0 spiro atoms. The molecule has 0 radical (unpaired) electrons. The number of aromatic amines is 1. The van der Waals surface area contributed by atoms with E-state index in [-0.39, 0.29) is 17.3 Å². The van der Waals surface area contributed by atoms with Crippen molar-refractivity contribution in [3.05, 3.63) is 63.0 Å². The molecule has 1 aliphatic rings. The number of benzene rings is 2. The Balaban J connectivity index is 1.60. The second-order valence-corrected chi connectivity index (χ2v) is 8.65. The second kappa shape index (κ2) is 8.11. The fourth-order valence-corrected chi connectivity index (χ4v) is 4.60. The van der Waals surface area contributed by atoms with E-state index in [0.717, 1.165) is 52.6 Å². The molecule has 2 heterocycles. The summed E-state index contributed by atoms with van der Waals surface area (Å²) in [5.41, 5.74) is 2.80. The molecule has 0 aliphatic carbocycles. The molecule has 1 fully saturated rings. The Morgan fingerprint density at radius 2 is 1.96 bits per heavy atom. The van der Waals surface area contributed by atoms with Crippen LogP contribution < -0.4 is 5.32 Å². The second-order valence-electron chi connectivity index (χ2n) is 7.42. The van der Waals surface area contributed by atoms with E-state index in [2.05, 4.69) is 31.4 Å². The van der Waals surface area contributed by atoms with Gasteiger partial charge in [0.1, 0.15) is 10.4 Å². The van der Waals surface area contributed by atoms with Crippen molar-refractivity contribution >= 4 is 38.4 Å². The molecule has 4 rings (SSSR count). The molecule has 1 saturated heterocycles. The van der Waals surface area contributed by atoms with Gasteiger partial charge in [-0.05, 0) is 78.6 Å². The summed E-state index contributed by atoms with van der Waals surface area (Å²) in [6, 6.07) is 10.6. The lowest BCUT2D eigenvalue weighted by Gasteiger charge is -2.38. The summed E-state index contributed by atoms with van der Waals surface area (Å²) in [6.45, 7) is 4.42. The predicted molar refractivity (Wildman–Crippen MR) is 113 cm³/mol. The van der Waals surface area contributed by atoms with E-state index in [0.29, 0.717) is 11.6 Å². The van der Waals surface area contributed by atoms with Crippen LogP contribution in [0, 0.1) is 5.82 Å². The van der Waals surface area contributed by atoms with Gasteiger partial charge in [0.15, 0.2) is 0 Å². The van der Waals surface area contributed by atoms with Gasteiger partial charge < -0.3 is 10.1 Å². The van der Waals surface area contributed by atoms with Crippen LogP contribution in [0.25, 0.3) is 10.9 Å². The van der Waals surface area contributed by atoms with Gasteiger partial charge in [-0.15, -0.1) is 0 Å². The maximum absolute atomic E-state index is 13.4. The first-order valence-corrected chi connectivity index (χ1v) is 10.6. The predicted octanol–water partition coefficient (Wildman–Crippen LogP) is 5.52. The van der Waals surface area contributed by atoms with Crippen LogP contribution in [0.15, 0.2) is 41.0 Å². The fourth-order valence-electron chi connectivity index (χ4n) is 3.99. The molecule has 0 saturated carbocycles. The van der Waals surface area contributed by atoms with E-state index < -0.39 is 0 Å². The van der Waals surface area contributed by atoms with Crippen molar-refractivity contribution in [1.82, 2.24) is 15.5 Å². The Morgan fingerprint density at radius 3 is 2.68 bits per heavy atom. The molecular weight excluding hydrogens is 445 g/mol. The minimum Gasteiger partial charge on any atom is -0.373 e. The third-order valence-electron chi connectivity index (χ3n) is 5.67. The van der Waals surface area contributed by atoms with Crippen LogP contribution >= 0.6 is 27.5 Å². The van der Waals surface area contributed by atoms with Crippen LogP contribution in [0.4, 0.5) is 4.39 Å². The third-order valence-corrected chi connectivity index (χ3v) is 6.49. The van der Waals surface area contributed by atoms with Crippen LogP contribution in [-0.4, -0.2) is 29.9 Å². The Kier molecular flexibility index (Phi) is 5.74. The Bertz CT molecular complexity index is 970. The normalized spacial score (nSPS) is 17.7. The van der Waals surface area contributed by atoms with Crippen molar-refractivity contribution in [3.8, 4) is 0 Å². The first-order chi connectivity index (χ1) is 13.5. The Labute approximate surface area is 176 Å². The van der Waals surface area contributed by atoms with E-state index in [1.54, 1.807) is 0 Å². The first-order valence-electron chi connectivity index (χ1n) is 9.40. The van der Waals surface area contributed by atoms with Gasteiger partial charge in [0.25, 0.3) is 0 Å². The molecule has 1 atom stereocenters. The average molecular weight is 467 g/mol. The van der Waals surface area contributed by atoms with Crippen LogP contribution in [0.1, 0.15) is 37.0 Å². The monoisotopic (exact) mass is 465 g/mol. The maximum Gasteiger partial charge on any atom is 0.123 e. The number of nitrogens with zero attached hydrogens (tertiary/aromatic N) is 1. The molecule has 0 unspecified atom stereocenters. The van der Waals surface area contributed by atoms with Crippen molar-refractivity contribution in [2.45, 2.75) is 31.3 Å². The summed E-state index contributed by atoms with van der Waals surface area (Å²) < 4.78 is 20.6. The fraction of sp³-hybridized carbons (Fsp3) is 0.381. The summed E-state index contributed by atoms with van der Waals surface area (Å²) in [5.74, 6) is -0.215. The van der Waals surface area contributed by atoms with Crippen molar-refractivity contribution < 1.29 is 9.13 Å². The summed E-state index contributed by atoms with van der Waals surface area (Å²) in [6.07, 6.45) is 1.72. The molecule has 1 aliphatic heterocycles. The molecule has 2 aromatic carbocycles. The molecule has 2 N–H and O–H groups in total. The quantitative estimate of drug-likeness (QED) is 0.521. The van der Waals surface area contributed by atoms with Gasteiger partial charge in [0, 0.05) is 21.4 Å². The number of ether oxygens (including phenoxy) is 1. The number of nitrogens with one attached hydrogen (secondary N) is 2. The van der Waals surface area contributed by atoms with Crippen molar-refractivity contribution in [1.29, 1.82) is 0 Å². The van der Waals surface area contributed by atoms with Gasteiger partial charge in [-0.1, -0.05) is 23.7 Å². The number of fused-ring (bicyclic) bond motifs is 1. The van der Waals surface area contributed by atoms with Crippen molar-refractivity contribution in [3.63, 3.8) is 0 Å². The average Bonchev–Trinajstić information content (AvgIpc) is 3.07. The zero-order valence-electron chi connectivity index (χ0n) is 15.6. The molecule has 4 nitrogen and oxygen atoms in total. The molecule has 148 valence electrons. The van der Waals surface area contributed by atoms with E-state index in [9.17, 15) is 4.39 Å². The van der Waals surface area contributed by atoms with E-state index in [1.165, 1.54) is 12.1 Å². The highest BCUT2D eigenvalue weighted by Gasteiger charge is 2.35. The van der Waals surface area contributed by atoms with Crippen LogP contribution in [-0.2, 0) is 10.2 Å². The lowest BCUT2D eigenvalue weighted by atomic mass is 9.74. The number of hydrogen-bond acceptors (Lipinski definition) is 3. The summed E-state index contributed by atoms with van der Waals surface area (Å²) in [5, 5.41) is 12.3. The number of rotatable bonds is 5. The van der Waals surface area contributed by atoms with E-state index in [1.807, 2.05) is 31.2 Å². The van der Waals surface area contributed by atoms with Crippen molar-refractivity contribution in [2.24, 2.45) is 0 Å². The standard InChI is InChI=1S/C21H22BrClFN3O/c1-13(17-10-15(23)11-18-19(17)26-27-20(18)22)28-12-21(6-8-25-9-7-21)14-2-4-16(24)5-3-14/h2-5,10-11,13,25H,6-9,12H2,1H3,(H,26,27)/t13-/m1/s1. The smallest absolute Gasteiger partial charge is 0.123 e. The topological polar surface area (TPSA) is 49.9 Å². The molecule has 28 heavy (non-hydrogen) atoms. The minimum atomic E-state index is -0.215. The van der Waals surface area contributed by atoms with Gasteiger partial charge in [-0.2, -0.15) is 5.10 Å². The Hall–Kier alpha value is -1.47. The van der Waals surface area contributed by atoms with E-state index >= 15 is 0 Å². The number of aromatic nitrogens is 2. The highest BCUT2D eigenvalue weighted by atomic mass is 79.9. The minimum absolute atomic E-state index is 0.128. The highest BCUT2D eigenvalue weighted by molar-refractivity contribution is 9.10. The summed E-state index contributed by atoms with van der Waals surface area (Å²) >= 11 is 9.80. The van der Waals surface area contributed by atoms with Crippen LogP contribution in [0.5, 0.6) is 0 Å². The lowest BCUT2D eigenvalue weighted by Crippen LogP contribution is -2.43. The maximum atomic E-state index is 13.4. The molecule has 1 aromatic heterocycles. The van der Waals surface area contributed by atoms with Gasteiger partial charge in [0.05, 0.1) is 18.2 Å². The number of H-pyrrole nitrogens is 1. The molecular formula is C21H22BrClFN3O. The number of piperidine rings is 1. The highest BCUT2D eigenvalue weighted by Crippen LogP contribution is 2.37. The molecule has 0 bridgehead atoms. The van der Waals surface area contributed by atoms with Gasteiger partial charge in [-0.3, -0.25) is 5.10 Å². The zero-order valence-corrected chi connectivity index (χ0v) is 17.9.